The third-order valence-corrected chi connectivity index (χ3v) is 5.10. The molecule has 2 aliphatic rings. The second-order valence-electron chi connectivity index (χ2n) is 4.93. The Balaban J connectivity index is 2.01. The standard InChI is InChI=1S/C16H9ClO3S/c1-2-11-9-5-6-21-16(9)15-14(19-11)13(18)10-7-8(17)3-4-12(10)20-15/h1,3-7,9,11,16H/t9-,11+,16-/m1/s1. The molecule has 0 spiro atoms. The largest absolute Gasteiger partial charge is 0.469 e. The van der Waals surface area contributed by atoms with Gasteiger partial charge in [0.05, 0.1) is 10.6 Å². The highest BCUT2D eigenvalue weighted by Crippen LogP contribution is 2.50. The normalized spacial score (nSPS) is 26.0. The maximum Gasteiger partial charge on any atom is 0.235 e. The van der Waals surface area contributed by atoms with Gasteiger partial charge in [0.15, 0.2) is 11.9 Å². The van der Waals surface area contributed by atoms with E-state index < -0.39 is 6.10 Å². The quantitative estimate of drug-likeness (QED) is 0.694. The molecule has 21 heavy (non-hydrogen) atoms. The van der Waals surface area contributed by atoms with E-state index in [1.165, 1.54) is 0 Å². The lowest BCUT2D eigenvalue weighted by atomic mass is 9.93. The molecule has 0 bridgehead atoms. The smallest absolute Gasteiger partial charge is 0.235 e. The molecule has 1 aromatic heterocycles. The van der Waals surface area contributed by atoms with Crippen molar-refractivity contribution in [1.82, 2.24) is 0 Å². The Kier molecular flexibility index (Phi) is 2.81. The molecule has 5 heteroatoms. The number of thioether (sulfide) groups is 1. The first-order valence-electron chi connectivity index (χ1n) is 6.40. The topological polar surface area (TPSA) is 39.4 Å². The van der Waals surface area contributed by atoms with Crippen molar-refractivity contribution in [3.8, 4) is 18.1 Å². The van der Waals surface area contributed by atoms with Crippen LogP contribution in [0.4, 0.5) is 0 Å². The molecule has 0 saturated heterocycles. The highest BCUT2D eigenvalue weighted by atomic mass is 35.5. The molecule has 2 aromatic rings. The third-order valence-electron chi connectivity index (χ3n) is 3.73. The average Bonchev–Trinajstić information content (AvgIpc) is 2.97. The van der Waals surface area contributed by atoms with Crippen molar-refractivity contribution >= 4 is 34.3 Å². The minimum Gasteiger partial charge on any atom is -0.469 e. The van der Waals surface area contributed by atoms with E-state index in [0.29, 0.717) is 21.8 Å². The first-order valence-corrected chi connectivity index (χ1v) is 7.72. The van der Waals surface area contributed by atoms with Crippen LogP contribution in [0, 0.1) is 18.3 Å². The number of rotatable bonds is 0. The summed E-state index contributed by atoms with van der Waals surface area (Å²) in [5.41, 5.74) is 0.289. The maximum absolute atomic E-state index is 12.6. The SMILES string of the molecule is C#C[C@@H]1Oc2c(oc3ccc(Cl)cc3c2=O)[C@@H]2SC=C[C@H]12. The fourth-order valence-electron chi connectivity index (χ4n) is 2.73. The number of hydrogen-bond acceptors (Lipinski definition) is 4. The fourth-order valence-corrected chi connectivity index (χ4v) is 4.03. The van der Waals surface area contributed by atoms with Crippen molar-refractivity contribution in [2.24, 2.45) is 5.92 Å². The van der Waals surface area contributed by atoms with Crippen molar-refractivity contribution in [3.05, 3.63) is 50.7 Å². The molecule has 3 atom stereocenters. The van der Waals surface area contributed by atoms with Crippen molar-refractivity contribution in [2.75, 3.05) is 0 Å². The molecule has 3 heterocycles. The van der Waals surface area contributed by atoms with Gasteiger partial charge in [0.1, 0.15) is 5.58 Å². The van der Waals surface area contributed by atoms with E-state index in [0.717, 1.165) is 0 Å². The number of ether oxygens (including phenoxy) is 1. The first kappa shape index (κ1) is 12.9. The monoisotopic (exact) mass is 316 g/mol. The van der Waals surface area contributed by atoms with E-state index in [-0.39, 0.29) is 22.3 Å². The Hall–Kier alpha value is -1.83. The van der Waals surface area contributed by atoms with Gasteiger partial charge in [-0.3, -0.25) is 4.79 Å². The lowest BCUT2D eigenvalue weighted by Gasteiger charge is -2.30. The Labute approximate surface area is 129 Å². The second-order valence-corrected chi connectivity index (χ2v) is 6.42. The van der Waals surface area contributed by atoms with Gasteiger partial charge < -0.3 is 9.15 Å². The van der Waals surface area contributed by atoms with E-state index in [1.807, 2.05) is 11.5 Å². The third kappa shape index (κ3) is 1.81. The summed E-state index contributed by atoms with van der Waals surface area (Å²) >= 11 is 7.54. The second kappa shape index (κ2) is 4.59. The molecule has 3 nitrogen and oxygen atoms in total. The number of fused-ring (bicyclic) bond motifs is 4. The van der Waals surface area contributed by atoms with Gasteiger partial charge in [0.2, 0.25) is 11.2 Å². The lowest BCUT2D eigenvalue weighted by molar-refractivity contribution is 0.169. The molecule has 0 fully saturated rings. The van der Waals surface area contributed by atoms with Crippen LogP contribution in [0.3, 0.4) is 0 Å². The van der Waals surface area contributed by atoms with Crippen molar-refractivity contribution in [1.29, 1.82) is 0 Å². The van der Waals surface area contributed by atoms with Gasteiger partial charge in [-0.1, -0.05) is 23.6 Å². The molecule has 0 radical (unpaired) electrons. The predicted octanol–water partition coefficient (Wildman–Crippen LogP) is 3.76. The maximum atomic E-state index is 12.6. The Morgan fingerprint density at radius 1 is 1.38 bits per heavy atom. The van der Waals surface area contributed by atoms with Crippen LogP contribution in [0.2, 0.25) is 5.02 Å². The summed E-state index contributed by atoms with van der Waals surface area (Å²) in [6, 6.07) is 4.99. The van der Waals surface area contributed by atoms with Crippen molar-refractivity contribution in [3.63, 3.8) is 0 Å². The minimum atomic E-state index is -0.451. The first-order chi connectivity index (χ1) is 10.2. The summed E-state index contributed by atoms with van der Waals surface area (Å²) in [6.07, 6.45) is 7.09. The molecule has 0 N–H and O–H groups in total. The zero-order valence-corrected chi connectivity index (χ0v) is 12.3. The highest BCUT2D eigenvalue weighted by molar-refractivity contribution is 8.02. The van der Waals surface area contributed by atoms with Crippen LogP contribution in [-0.2, 0) is 0 Å². The number of halogens is 1. The number of benzene rings is 1. The molecule has 4 rings (SSSR count). The molecule has 0 saturated carbocycles. The van der Waals surface area contributed by atoms with Crippen LogP contribution in [0.1, 0.15) is 11.0 Å². The van der Waals surface area contributed by atoms with Crippen LogP contribution in [0.5, 0.6) is 5.75 Å². The van der Waals surface area contributed by atoms with Crippen LogP contribution >= 0.6 is 23.4 Å². The van der Waals surface area contributed by atoms with Crippen LogP contribution < -0.4 is 10.2 Å². The van der Waals surface area contributed by atoms with Crippen LogP contribution in [0.15, 0.2) is 38.9 Å². The van der Waals surface area contributed by atoms with E-state index in [2.05, 4.69) is 5.92 Å². The average molecular weight is 317 g/mol. The summed E-state index contributed by atoms with van der Waals surface area (Å²) in [5, 5.41) is 2.85. The van der Waals surface area contributed by atoms with E-state index in [9.17, 15) is 4.79 Å². The zero-order valence-electron chi connectivity index (χ0n) is 10.7. The van der Waals surface area contributed by atoms with E-state index in [1.54, 1.807) is 30.0 Å². The van der Waals surface area contributed by atoms with Gasteiger partial charge in [0, 0.05) is 10.9 Å². The van der Waals surface area contributed by atoms with Crippen LogP contribution in [-0.4, -0.2) is 6.10 Å². The van der Waals surface area contributed by atoms with Crippen LogP contribution in [0.25, 0.3) is 11.0 Å². The van der Waals surface area contributed by atoms with E-state index in [4.69, 9.17) is 27.2 Å². The van der Waals surface area contributed by atoms with Gasteiger partial charge in [-0.15, -0.1) is 18.2 Å². The molecule has 0 unspecified atom stereocenters. The van der Waals surface area contributed by atoms with Gasteiger partial charge >= 0.3 is 0 Å². The van der Waals surface area contributed by atoms with Crippen molar-refractivity contribution in [2.45, 2.75) is 11.4 Å². The Bertz CT molecular complexity index is 877. The van der Waals surface area contributed by atoms with Gasteiger partial charge in [-0.05, 0) is 23.6 Å². The predicted molar refractivity (Wildman–Crippen MR) is 83.7 cm³/mol. The van der Waals surface area contributed by atoms with Gasteiger partial charge in [0.25, 0.3) is 0 Å². The summed E-state index contributed by atoms with van der Waals surface area (Å²) in [4.78, 5) is 12.6. The Morgan fingerprint density at radius 3 is 3.05 bits per heavy atom. The molecule has 2 aliphatic heterocycles. The van der Waals surface area contributed by atoms with Crippen molar-refractivity contribution < 1.29 is 9.15 Å². The minimum absolute atomic E-state index is 0.0115. The summed E-state index contributed by atoms with van der Waals surface area (Å²) < 4.78 is 11.6. The summed E-state index contributed by atoms with van der Waals surface area (Å²) in [7, 11) is 0. The fraction of sp³-hybridized carbons (Fsp3) is 0.188. The van der Waals surface area contributed by atoms with Gasteiger partial charge in [-0.2, -0.15) is 0 Å². The van der Waals surface area contributed by atoms with E-state index >= 15 is 0 Å². The summed E-state index contributed by atoms with van der Waals surface area (Å²) in [5.74, 6) is 3.41. The zero-order chi connectivity index (χ0) is 14.6. The highest BCUT2D eigenvalue weighted by Gasteiger charge is 2.42. The molecule has 0 aliphatic carbocycles. The number of hydrogen-bond donors (Lipinski definition) is 0. The lowest BCUT2D eigenvalue weighted by Crippen LogP contribution is -2.34. The summed E-state index contributed by atoms with van der Waals surface area (Å²) in [6.45, 7) is 0. The molecular weight excluding hydrogens is 308 g/mol. The molecule has 0 amide bonds. The number of terminal acetylenes is 1. The molecule has 1 aromatic carbocycles. The molecular formula is C16H9ClO3S. The molecule has 104 valence electrons. The van der Waals surface area contributed by atoms with Gasteiger partial charge in [-0.25, -0.2) is 0 Å². The Morgan fingerprint density at radius 2 is 2.24 bits per heavy atom.